The molecule has 0 aliphatic carbocycles. The van der Waals surface area contributed by atoms with Crippen LogP contribution in [0.3, 0.4) is 0 Å². The number of nitrogens with one attached hydrogen (secondary N) is 1. The number of rotatable bonds is 7. The molecule has 2 aromatic rings. The largest absolute Gasteiger partial charge is 0.495 e. The van der Waals surface area contributed by atoms with Crippen molar-refractivity contribution in [2.45, 2.75) is 26.8 Å². The van der Waals surface area contributed by atoms with Gasteiger partial charge in [-0.1, -0.05) is 43.3 Å². The molecule has 0 fully saturated rings. The molecule has 0 radical (unpaired) electrons. The molecule has 0 bridgehead atoms. The molecule has 1 aliphatic heterocycles. The van der Waals surface area contributed by atoms with Gasteiger partial charge >= 0.3 is 0 Å². The van der Waals surface area contributed by atoms with Crippen molar-refractivity contribution in [2.24, 2.45) is 10.9 Å². The fourth-order valence-electron chi connectivity index (χ4n) is 2.72. The summed E-state index contributed by atoms with van der Waals surface area (Å²) in [7, 11) is 1.53. The number of hydrogen-bond donors (Lipinski definition) is 1. The second kappa shape index (κ2) is 10.3. The van der Waals surface area contributed by atoms with Crippen LogP contribution in [0.25, 0.3) is 6.08 Å². The number of nitrogens with zero attached hydrogens (tertiary/aromatic N) is 2. The van der Waals surface area contributed by atoms with E-state index in [-0.39, 0.29) is 23.6 Å². The number of anilines is 1. The van der Waals surface area contributed by atoms with Crippen molar-refractivity contribution < 1.29 is 14.3 Å². The van der Waals surface area contributed by atoms with Crippen molar-refractivity contribution in [1.82, 2.24) is 5.32 Å². The van der Waals surface area contributed by atoms with Gasteiger partial charge in [0.15, 0.2) is 5.17 Å². The molecule has 1 N–H and O–H groups in total. The van der Waals surface area contributed by atoms with Crippen molar-refractivity contribution in [2.75, 3.05) is 17.8 Å². The topological polar surface area (TPSA) is 71.0 Å². The van der Waals surface area contributed by atoms with Gasteiger partial charge in [-0.2, -0.15) is 0 Å². The molecule has 2 heterocycles. The van der Waals surface area contributed by atoms with Gasteiger partial charge < -0.3 is 10.1 Å². The van der Waals surface area contributed by atoms with Crippen molar-refractivity contribution >= 4 is 63.4 Å². The van der Waals surface area contributed by atoms with Crippen LogP contribution in [0.4, 0.5) is 5.69 Å². The van der Waals surface area contributed by atoms with Crippen LogP contribution in [-0.4, -0.2) is 35.9 Å². The number of amides is 2. The summed E-state index contributed by atoms with van der Waals surface area (Å²) in [6.45, 7) is 6.07. The number of hydrogen-bond acceptors (Lipinski definition) is 6. The van der Waals surface area contributed by atoms with E-state index in [4.69, 9.17) is 16.3 Å². The lowest BCUT2D eigenvalue weighted by atomic mass is 10.1. The Balaban J connectivity index is 1.86. The second-order valence-corrected chi connectivity index (χ2v) is 9.62. The molecule has 1 unspecified atom stereocenters. The van der Waals surface area contributed by atoms with E-state index in [1.54, 1.807) is 24.3 Å². The van der Waals surface area contributed by atoms with Gasteiger partial charge in [-0.15, -0.1) is 11.3 Å². The molecule has 1 aliphatic rings. The van der Waals surface area contributed by atoms with Gasteiger partial charge in [0.1, 0.15) is 11.4 Å². The van der Waals surface area contributed by atoms with Crippen molar-refractivity contribution in [3.8, 4) is 5.75 Å². The summed E-state index contributed by atoms with van der Waals surface area (Å²) in [5.41, 5.74) is 0.875. The third kappa shape index (κ3) is 5.70. The van der Waals surface area contributed by atoms with Gasteiger partial charge in [0.25, 0.3) is 5.91 Å². The Morgan fingerprint density at radius 3 is 2.74 bits per heavy atom. The zero-order chi connectivity index (χ0) is 22.5. The molecule has 6 nitrogen and oxygen atoms in total. The molecule has 9 heteroatoms. The van der Waals surface area contributed by atoms with E-state index >= 15 is 0 Å². The van der Waals surface area contributed by atoms with Crippen LogP contribution < -0.4 is 15.0 Å². The van der Waals surface area contributed by atoms with E-state index < -0.39 is 0 Å². The molecular formula is C22H24ClN3O3S2. The van der Waals surface area contributed by atoms with E-state index in [0.717, 1.165) is 4.88 Å². The summed E-state index contributed by atoms with van der Waals surface area (Å²) < 4.78 is 5.21. The van der Waals surface area contributed by atoms with Crippen LogP contribution in [-0.2, 0) is 9.59 Å². The van der Waals surface area contributed by atoms with Gasteiger partial charge in [-0.25, -0.2) is 4.99 Å². The molecular weight excluding hydrogens is 454 g/mol. The number of amidine groups is 1. The third-order valence-electron chi connectivity index (χ3n) is 4.77. The molecule has 1 aromatic heterocycles. The maximum atomic E-state index is 13.2. The highest BCUT2D eigenvalue weighted by Crippen LogP contribution is 2.34. The number of ether oxygens (including phenoxy) is 1. The fraction of sp³-hybridized carbons (Fsp3) is 0.318. The Morgan fingerprint density at radius 2 is 2.13 bits per heavy atom. The number of methoxy groups -OCH3 is 1. The molecule has 0 saturated heterocycles. The normalized spacial score (nSPS) is 16.1. The van der Waals surface area contributed by atoms with E-state index in [9.17, 15) is 9.59 Å². The van der Waals surface area contributed by atoms with Gasteiger partial charge in [0.2, 0.25) is 5.91 Å². The number of carbonyl (C=O) groups excluding carboxylic acids is 2. The zero-order valence-electron chi connectivity index (χ0n) is 17.7. The van der Waals surface area contributed by atoms with Crippen LogP contribution in [0.15, 0.2) is 46.4 Å². The number of thioether (sulfide) groups is 1. The minimum Gasteiger partial charge on any atom is -0.495 e. The van der Waals surface area contributed by atoms with Crippen molar-refractivity contribution in [3.63, 3.8) is 0 Å². The van der Waals surface area contributed by atoms with Crippen LogP contribution in [0.2, 0.25) is 5.02 Å². The molecule has 31 heavy (non-hydrogen) atoms. The first-order chi connectivity index (χ1) is 14.8. The molecule has 3 rings (SSSR count). The number of halogens is 1. The Bertz CT molecular complexity index is 1020. The monoisotopic (exact) mass is 477 g/mol. The summed E-state index contributed by atoms with van der Waals surface area (Å²) in [6.07, 6.45) is 1.75. The summed E-state index contributed by atoms with van der Waals surface area (Å²) in [4.78, 5) is 32.5. The molecule has 1 atom stereocenters. The highest BCUT2D eigenvalue weighted by Gasteiger charge is 2.33. The first-order valence-corrected chi connectivity index (χ1v) is 12.0. The van der Waals surface area contributed by atoms with E-state index in [1.807, 2.05) is 24.4 Å². The van der Waals surface area contributed by atoms with Crippen LogP contribution in [0.5, 0.6) is 5.75 Å². The minimum absolute atomic E-state index is 0.0611. The van der Waals surface area contributed by atoms with E-state index in [1.165, 1.54) is 35.1 Å². The maximum absolute atomic E-state index is 13.2. The van der Waals surface area contributed by atoms with Crippen molar-refractivity contribution in [1.29, 1.82) is 0 Å². The third-order valence-corrected chi connectivity index (χ3v) is 6.82. The van der Waals surface area contributed by atoms with Crippen LogP contribution >= 0.6 is 34.7 Å². The summed E-state index contributed by atoms with van der Waals surface area (Å²) in [6, 6.07) is 8.99. The number of aliphatic imine (C=N–C) groups is 1. The predicted octanol–water partition coefficient (Wildman–Crippen LogP) is 5.05. The smallest absolute Gasteiger partial charge is 0.283 e. The predicted molar refractivity (Wildman–Crippen MR) is 130 cm³/mol. The number of benzene rings is 1. The Morgan fingerprint density at radius 1 is 1.35 bits per heavy atom. The summed E-state index contributed by atoms with van der Waals surface area (Å²) in [5, 5.41) is 5.73. The van der Waals surface area contributed by atoms with E-state index in [2.05, 4.69) is 24.2 Å². The molecule has 0 spiro atoms. The average molecular weight is 478 g/mol. The molecule has 2 amide bonds. The number of carbonyl (C=O) groups is 2. The average Bonchev–Trinajstić information content (AvgIpc) is 3.34. The van der Waals surface area contributed by atoms with Crippen molar-refractivity contribution in [3.05, 3.63) is 51.3 Å². The second-order valence-electron chi connectivity index (χ2n) is 7.29. The highest BCUT2D eigenvalue weighted by atomic mass is 35.5. The van der Waals surface area contributed by atoms with E-state index in [0.29, 0.717) is 33.2 Å². The number of thiophene rings is 1. The van der Waals surface area contributed by atoms with Gasteiger partial charge in [0, 0.05) is 10.9 Å². The van der Waals surface area contributed by atoms with Gasteiger partial charge in [-0.3, -0.25) is 14.5 Å². The quantitative estimate of drug-likeness (QED) is 0.566. The first-order valence-electron chi connectivity index (χ1n) is 9.74. The maximum Gasteiger partial charge on any atom is 0.283 e. The Hall–Kier alpha value is -2.29. The Kier molecular flexibility index (Phi) is 7.80. The zero-order valence-corrected chi connectivity index (χ0v) is 20.1. The highest BCUT2D eigenvalue weighted by molar-refractivity contribution is 8.14. The molecule has 164 valence electrons. The lowest BCUT2D eigenvalue weighted by Crippen LogP contribution is -2.38. The first kappa shape index (κ1) is 23.4. The lowest BCUT2D eigenvalue weighted by Gasteiger charge is -2.20. The lowest BCUT2D eigenvalue weighted by molar-refractivity contribution is -0.119. The van der Waals surface area contributed by atoms with Crippen LogP contribution in [0, 0.1) is 5.92 Å². The standard InChI is InChI=1S/C22H24ClN3O3S2/c1-13(2)14(3)24-20(27)12-31-22-25-18(11-16-6-5-9-30-16)21(28)26(22)15-7-8-19(29-4)17(23)10-15/h5-11,13-14H,12H2,1-4H3,(H,24,27)/b18-11+. The van der Waals surface area contributed by atoms with Crippen LogP contribution in [0.1, 0.15) is 25.6 Å². The molecule has 1 aromatic carbocycles. The Labute approximate surface area is 195 Å². The minimum atomic E-state index is -0.270. The summed E-state index contributed by atoms with van der Waals surface area (Å²) >= 11 is 9.02. The fourth-order valence-corrected chi connectivity index (χ4v) is 4.44. The van der Waals surface area contributed by atoms with Gasteiger partial charge in [-0.05, 0) is 48.6 Å². The summed E-state index contributed by atoms with van der Waals surface area (Å²) in [5.74, 6) is 0.616. The van der Waals surface area contributed by atoms with Gasteiger partial charge in [0.05, 0.1) is 23.6 Å². The molecule has 0 saturated carbocycles. The SMILES string of the molecule is COc1ccc(N2C(=O)/C(=C\c3cccs3)N=C2SCC(=O)NC(C)C(C)C)cc1Cl.